The van der Waals surface area contributed by atoms with Crippen molar-refractivity contribution >= 4 is 33.5 Å². The van der Waals surface area contributed by atoms with Crippen molar-refractivity contribution in [2.45, 2.75) is 18.0 Å². The minimum absolute atomic E-state index is 0.355. The lowest BCUT2D eigenvalue weighted by molar-refractivity contribution is 0.416. The molecular weight excluding hydrogens is 372 g/mol. The Kier molecular flexibility index (Phi) is 4.58. The van der Waals surface area contributed by atoms with Crippen molar-refractivity contribution in [1.29, 1.82) is 0 Å². The summed E-state index contributed by atoms with van der Waals surface area (Å²) in [7, 11) is -1.46. The molecule has 0 amide bonds. The Morgan fingerprint density at radius 3 is 2.81 bits per heavy atom. The van der Waals surface area contributed by atoms with Crippen LogP contribution in [0.25, 0.3) is 22.4 Å². The molecule has 2 aromatic carbocycles. The highest BCUT2D eigenvalue weighted by atomic mass is 35.5. The molecule has 2 heterocycles. The van der Waals surface area contributed by atoms with Gasteiger partial charge in [-0.15, -0.1) is 0 Å². The molecule has 8 heteroatoms. The number of hydrogen-bond donors (Lipinski definition) is 2. The van der Waals surface area contributed by atoms with Gasteiger partial charge in [-0.3, -0.25) is 0 Å². The molecule has 0 spiro atoms. The quantitative estimate of drug-likeness (QED) is 0.537. The van der Waals surface area contributed by atoms with Gasteiger partial charge in [-0.25, -0.2) is 8.93 Å². The number of nitrogens with zero attached hydrogens (tertiary/aromatic N) is 2. The van der Waals surface area contributed by atoms with Crippen LogP contribution in [-0.4, -0.2) is 19.3 Å². The second-order valence-electron chi connectivity index (χ2n) is 5.80. The Bertz CT molecular complexity index is 1080. The van der Waals surface area contributed by atoms with Crippen LogP contribution >= 0.6 is 11.6 Å². The number of H-pyrrole nitrogens is 1. The van der Waals surface area contributed by atoms with Gasteiger partial charge in [-0.1, -0.05) is 35.0 Å². The minimum Gasteiger partial charge on any atom is -0.347 e. The Morgan fingerprint density at radius 2 is 2.00 bits per heavy atom. The first-order valence-electron chi connectivity index (χ1n) is 7.95. The van der Waals surface area contributed by atoms with Crippen molar-refractivity contribution < 1.29 is 8.73 Å². The molecule has 0 fully saturated rings. The summed E-state index contributed by atoms with van der Waals surface area (Å²) in [5.74, 6) is 0.872. The van der Waals surface area contributed by atoms with Crippen molar-refractivity contribution in [3.63, 3.8) is 0 Å². The standard InChI is InChI=1S/C18H15ClN4O2S/c1-11(17-21-18(25-22-17)12-5-3-2-4-6-12)23-26(24)16-10-13-9-14(19)7-8-15(13)20-16/h2-11,20,23H,1H3. The number of aromatic amines is 1. The molecule has 0 saturated heterocycles. The van der Waals surface area contributed by atoms with Gasteiger partial charge in [0.05, 0.1) is 6.04 Å². The molecule has 0 aliphatic carbocycles. The molecule has 6 nitrogen and oxygen atoms in total. The maximum absolute atomic E-state index is 12.6. The smallest absolute Gasteiger partial charge is 0.257 e. The fraction of sp³-hybridized carbons (Fsp3) is 0.111. The normalized spacial score (nSPS) is 13.8. The number of halogens is 1. The van der Waals surface area contributed by atoms with E-state index < -0.39 is 11.0 Å². The van der Waals surface area contributed by atoms with Crippen molar-refractivity contribution in [3.05, 3.63) is 65.4 Å². The molecule has 2 atom stereocenters. The van der Waals surface area contributed by atoms with Crippen molar-refractivity contribution in [2.75, 3.05) is 0 Å². The van der Waals surface area contributed by atoms with E-state index >= 15 is 0 Å². The molecule has 4 aromatic rings. The Labute approximate surface area is 157 Å². The van der Waals surface area contributed by atoms with Gasteiger partial charge in [-0.2, -0.15) is 4.98 Å². The van der Waals surface area contributed by atoms with Crippen molar-refractivity contribution in [3.8, 4) is 11.5 Å². The number of nitrogens with one attached hydrogen (secondary N) is 2. The molecule has 0 bridgehead atoms. The average Bonchev–Trinajstić information content (AvgIpc) is 3.29. The predicted molar refractivity (Wildman–Crippen MR) is 101 cm³/mol. The van der Waals surface area contributed by atoms with Gasteiger partial charge in [0.25, 0.3) is 5.89 Å². The Balaban J connectivity index is 1.51. The number of benzene rings is 2. The highest BCUT2D eigenvalue weighted by molar-refractivity contribution is 7.83. The maximum atomic E-state index is 12.6. The summed E-state index contributed by atoms with van der Waals surface area (Å²) in [6.07, 6.45) is 0. The lowest BCUT2D eigenvalue weighted by Gasteiger charge is -2.07. The SMILES string of the molecule is CC(NS(=O)c1cc2cc(Cl)ccc2[nH]1)c1noc(-c2ccccc2)n1. The largest absolute Gasteiger partial charge is 0.347 e. The van der Waals surface area contributed by atoms with E-state index in [4.69, 9.17) is 16.1 Å². The van der Waals surface area contributed by atoms with Crippen LogP contribution in [0.5, 0.6) is 0 Å². The van der Waals surface area contributed by atoms with Gasteiger partial charge in [0.15, 0.2) is 5.82 Å². The molecule has 0 radical (unpaired) electrons. The van der Waals surface area contributed by atoms with Crippen molar-refractivity contribution in [2.24, 2.45) is 0 Å². The summed E-state index contributed by atoms with van der Waals surface area (Å²) >= 11 is 5.99. The lowest BCUT2D eigenvalue weighted by Crippen LogP contribution is -2.22. The molecule has 0 saturated carbocycles. The van der Waals surface area contributed by atoms with Crippen LogP contribution < -0.4 is 4.72 Å². The first-order chi connectivity index (χ1) is 12.6. The lowest BCUT2D eigenvalue weighted by atomic mass is 10.2. The molecule has 2 aromatic heterocycles. The van der Waals surface area contributed by atoms with Crippen LogP contribution in [0.3, 0.4) is 0 Å². The van der Waals surface area contributed by atoms with Crippen LogP contribution in [0.4, 0.5) is 0 Å². The van der Waals surface area contributed by atoms with E-state index in [9.17, 15) is 4.21 Å². The summed E-state index contributed by atoms with van der Waals surface area (Å²) in [6, 6.07) is 16.4. The summed E-state index contributed by atoms with van der Waals surface area (Å²) in [6.45, 7) is 1.83. The van der Waals surface area contributed by atoms with Gasteiger partial charge >= 0.3 is 0 Å². The third-order valence-electron chi connectivity index (χ3n) is 3.89. The van der Waals surface area contributed by atoms with E-state index in [0.29, 0.717) is 21.8 Å². The fourth-order valence-corrected chi connectivity index (χ4v) is 3.73. The predicted octanol–water partition coefficient (Wildman–Crippen LogP) is 4.24. The zero-order valence-electron chi connectivity index (χ0n) is 13.8. The van der Waals surface area contributed by atoms with Crippen LogP contribution in [-0.2, 0) is 11.0 Å². The highest BCUT2D eigenvalue weighted by Crippen LogP contribution is 2.23. The third-order valence-corrected chi connectivity index (χ3v) is 5.31. The Morgan fingerprint density at radius 1 is 1.19 bits per heavy atom. The second kappa shape index (κ2) is 7.03. The van der Waals surface area contributed by atoms with E-state index in [0.717, 1.165) is 16.5 Å². The number of rotatable bonds is 5. The van der Waals surface area contributed by atoms with Crippen molar-refractivity contribution in [1.82, 2.24) is 19.8 Å². The number of aromatic nitrogens is 3. The summed E-state index contributed by atoms with van der Waals surface area (Å²) in [5.41, 5.74) is 1.71. The first kappa shape index (κ1) is 17.0. The van der Waals surface area contributed by atoms with Gasteiger partial charge in [-0.05, 0) is 43.3 Å². The van der Waals surface area contributed by atoms with Gasteiger partial charge in [0.1, 0.15) is 16.0 Å². The van der Waals surface area contributed by atoms with Crippen LogP contribution in [0.1, 0.15) is 18.8 Å². The molecule has 26 heavy (non-hydrogen) atoms. The highest BCUT2D eigenvalue weighted by Gasteiger charge is 2.18. The van der Waals surface area contributed by atoms with Crippen LogP contribution in [0.15, 0.2) is 64.1 Å². The molecule has 0 aliphatic heterocycles. The molecular formula is C18H15ClN4O2S. The summed E-state index contributed by atoms with van der Waals surface area (Å²) in [5, 5.41) is 6.08. The number of fused-ring (bicyclic) bond motifs is 1. The van der Waals surface area contributed by atoms with Gasteiger partial charge < -0.3 is 9.51 Å². The van der Waals surface area contributed by atoms with Gasteiger partial charge in [0, 0.05) is 21.5 Å². The van der Waals surface area contributed by atoms with Gasteiger partial charge in [0.2, 0.25) is 0 Å². The zero-order valence-corrected chi connectivity index (χ0v) is 15.3. The second-order valence-corrected chi connectivity index (χ2v) is 7.45. The van der Waals surface area contributed by atoms with E-state index in [1.165, 1.54) is 0 Å². The minimum atomic E-state index is -1.46. The molecule has 2 unspecified atom stereocenters. The zero-order chi connectivity index (χ0) is 18.1. The average molecular weight is 387 g/mol. The number of hydrogen-bond acceptors (Lipinski definition) is 4. The van der Waals surface area contributed by atoms with Crippen LogP contribution in [0, 0.1) is 0 Å². The fourth-order valence-electron chi connectivity index (χ4n) is 2.56. The monoisotopic (exact) mass is 386 g/mol. The molecule has 0 aliphatic rings. The van der Waals surface area contributed by atoms with E-state index in [1.807, 2.05) is 55.5 Å². The molecule has 4 rings (SSSR count). The summed E-state index contributed by atoms with van der Waals surface area (Å²) in [4.78, 5) is 7.50. The van der Waals surface area contributed by atoms with E-state index in [1.54, 1.807) is 6.07 Å². The Hall–Kier alpha value is -2.48. The topological polar surface area (TPSA) is 83.8 Å². The molecule has 2 N–H and O–H groups in total. The van der Waals surface area contributed by atoms with E-state index in [-0.39, 0.29) is 6.04 Å². The van der Waals surface area contributed by atoms with Crippen LogP contribution in [0.2, 0.25) is 5.02 Å². The van der Waals surface area contributed by atoms with E-state index in [2.05, 4.69) is 19.8 Å². The maximum Gasteiger partial charge on any atom is 0.257 e. The molecule has 132 valence electrons. The first-order valence-corrected chi connectivity index (χ1v) is 9.48. The summed E-state index contributed by atoms with van der Waals surface area (Å²) < 4.78 is 20.9. The third kappa shape index (κ3) is 3.41.